The van der Waals surface area contributed by atoms with Crippen LogP contribution in [0, 0.1) is 13.8 Å². The third-order valence-electron chi connectivity index (χ3n) is 3.12. The zero-order valence-electron chi connectivity index (χ0n) is 12.5. The number of nitrogens with zero attached hydrogens (tertiary/aromatic N) is 1. The van der Waals surface area contributed by atoms with Crippen LogP contribution in [0.5, 0.6) is 5.75 Å². The fraction of sp³-hybridized carbons (Fsp3) is 0.600. The summed E-state index contributed by atoms with van der Waals surface area (Å²) in [4.78, 5) is 2.29. The van der Waals surface area contributed by atoms with Crippen LogP contribution in [0.15, 0.2) is 12.1 Å². The number of benzene rings is 1. The second-order valence-corrected chi connectivity index (χ2v) is 5.14. The van der Waals surface area contributed by atoms with Gasteiger partial charge >= 0.3 is 0 Å². The van der Waals surface area contributed by atoms with E-state index in [0.29, 0.717) is 6.04 Å². The molecule has 0 bridgehead atoms. The second-order valence-electron chi connectivity index (χ2n) is 5.14. The van der Waals surface area contributed by atoms with Gasteiger partial charge in [0.15, 0.2) is 0 Å². The number of hydrogen-bond donors (Lipinski definition) is 1. The average molecular weight is 250 g/mol. The number of nitrogens with one attached hydrogen (secondary N) is 1. The molecule has 3 heteroatoms. The predicted molar refractivity (Wildman–Crippen MR) is 78.9 cm³/mol. The number of anilines is 1. The van der Waals surface area contributed by atoms with Crippen molar-refractivity contribution in [3.05, 3.63) is 23.3 Å². The lowest BCUT2D eigenvalue weighted by Crippen LogP contribution is -2.33. The minimum atomic E-state index is 0.539. The molecule has 0 aromatic heterocycles. The van der Waals surface area contributed by atoms with Gasteiger partial charge in [0.05, 0.1) is 7.11 Å². The summed E-state index contributed by atoms with van der Waals surface area (Å²) >= 11 is 0. The van der Waals surface area contributed by atoms with E-state index in [1.807, 2.05) is 0 Å². The van der Waals surface area contributed by atoms with Crippen LogP contribution in [0.3, 0.4) is 0 Å². The lowest BCUT2D eigenvalue weighted by Gasteiger charge is -2.23. The van der Waals surface area contributed by atoms with Crippen molar-refractivity contribution in [3.63, 3.8) is 0 Å². The fourth-order valence-corrected chi connectivity index (χ4v) is 2.05. The molecule has 1 aromatic rings. The Morgan fingerprint density at radius 3 is 2.44 bits per heavy atom. The minimum Gasteiger partial charge on any atom is -0.496 e. The van der Waals surface area contributed by atoms with Crippen LogP contribution in [0.4, 0.5) is 5.69 Å². The number of methoxy groups -OCH3 is 1. The summed E-state index contributed by atoms with van der Waals surface area (Å²) in [5.41, 5.74) is 3.71. The van der Waals surface area contributed by atoms with E-state index in [0.717, 1.165) is 18.8 Å². The highest BCUT2D eigenvalue weighted by Crippen LogP contribution is 2.27. The standard InChI is InChI=1S/C15H26N2O/c1-11(2)16-7-8-17(5)14-9-13(4)15(18-6)10-12(14)3/h9-11,16H,7-8H2,1-6H3. The first kappa shape index (κ1) is 14.8. The quantitative estimate of drug-likeness (QED) is 0.840. The van der Waals surface area contributed by atoms with Crippen LogP contribution in [0.25, 0.3) is 0 Å². The third-order valence-corrected chi connectivity index (χ3v) is 3.12. The monoisotopic (exact) mass is 250 g/mol. The van der Waals surface area contributed by atoms with Gasteiger partial charge < -0.3 is 15.0 Å². The Bertz CT molecular complexity index is 388. The molecule has 0 aliphatic heterocycles. The highest BCUT2D eigenvalue weighted by atomic mass is 16.5. The summed E-state index contributed by atoms with van der Waals surface area (Å²) in [6.45, 7) is 10.6. The van der Waals surface area contributed by atoms with Gasteiger partial charge in [-0.25, -0.2) is 0 Å². The SMILES string of the molecule is COc1cc(C)c(N(C)CCNC(C)C)cc1C. The van der Waals surface area contributed by atoms with Gasteiger partial charge in [-0.2, -0.15) is 0 Å². The van der Waals surface area contributed by atoms with Crippen molar-refractivity contribution < 1.29 is 4.74 Å². The molecule has 1 N–H and O–H groups in total. The molecule has 102 valence electrons. The van der Waals surface area contributed by atoms with E-state index in [9.17, 15) is 0 Å². The molecule has 0 atom stereocenters. The molecular formula is C15H26N2O. The largest absolute Gasteiger partial charge is 0.496 e. The Morgan fingerprint density at radius 1 is 1.22 bits per heavy atom. The highest BCUT2D eigenvalue weighted by Gasteiger charge is 2.08. The zero-order valence-corrected chi connectivity index (χ0v) is 12.5. The molecule has 0 heterocycles. The molecule has 0 aliphatic carbocycles. The lowest BCUT2D eigenvalue weighted by molar-refractivity contribution is 0.411. The molecular weight excluding hydrogens is 224 g/mol. The van der Waals surface area contributed by atoms with Crippen LogP contribution in [0.2, 0.25) is 0 Å². The van der Waals surface area contributed by atoms with Crippen LogP contribution in [-0.4, -0.2) is 33.3 Å². The summed E-state index contributed by atoms with van der Waals surface area (Å²) in [7, 11) is 3.86. The van der Waals surface area contributed by atoms with Crippen LogP contribution in [0.1, 0.15) is 25.0 Å². The van der Waals surface area contributed by atoms with Crippen molar-refractivity contribution in [3.8, 4) is 5.75 Å². The maximum Gasteiger partial charge on any atom is 0.122 e. The molecule has 0 saturated carbocycles. The molecule has 0 aliphatic rings. The van der Waals surface area contributed by atoms with E-state index >= 15 is 0 Å². The second kappa shape index (κ2) is 6.64. The smallest absolute Gasteiger partial charge is 0.122 e. The molecule has 0 amide bonds. The van der Waals surface area contributed by atoms with Crippen molar-refractivity contribution in [2.45, 2.75) is 33.7 Å². The van der Waals surface area contributed by atoms with E-state index in [4.69, 9.17) is 4.74 Å². The van der Waals surface area contributed by atoms with E-state index < -0.39 is 0 Å². The summed E-state index contributed by atoms with van der Waals surface area (Å²) in [6, 6.07) is 4.85. The Kier molecular flexibility index (Phi) is 5.48. The van der Waals surface area contributed by atoms with E-state index in [2.05, 4.69) is 57.1 Å². The van der Waals surface area contributed by atoms with Gasteiger partial charge in [-0.05, 0) is 37.1 Å². The Morgan fingerprint density at radius 2 is 1.89 bits per heavy atom. The number of rotatable bonds is 6. The molecule has 1 aromatic carbocycles. The van der Waals surface area contributed by atoms with Gasteiger partial charge in [0.2, 0.25) is 0 Å². The summed E-state index contributed by atoms with van der Waals surface area (Å²) in [6.07, 6.45) is 0. The predicted octanol–water partition coefficient (Wildman–Crippen LogP) is 2.75. The average Bonchev–Trinajstić information content (AvgIpc) is 2.30. The topological polar surface area (TPSA) is 24.5 Å². The number of hydrogen-bond acceptors (Lipinski definition) is 3. The molecule has 0 unspecified atom stereocenters. The van der Waals surface area contributed by atoms with Crippen molar-refractivity contribution in [1.82, 2.24) is 5.32 Å². The molecule has 3 nitrogen and oxygen atoms in total. The van der Waals surface area contributed by atoms with Gasteiger partial charge in [-0.3, -0.25) is 0 Å². The first-order valence-corrected chi connectivity index (χ1v) is 6.55. The summed E-state index contributed by atoms with van der Waals surface area (Å²) in [5.74, 6) is 0.963. The fourth-order valence-electron chi connectivity index (χ4n) is 2.05. The van der Waals surface area contributed by atoms with Crippen molar-refractivity contribution in [1.29, 1.82) is 0 Å². The lowest BCUT2D eigenvalue weighted by atomic mass is 10.1. The Labute approximate surface area is 111 Å². The van der Waals surface area contributed by atoms with Gasteiger partial charge in [0, 0.05) is 31.9 Å². The molecule has 0 radical (unpaired) electrons. The number of ether oxygens (including phenoxy) is 1. The van der Waals surface area contributed by atoms with Gasteiger partial charge in [0.25, 0.3) is 0 Å². The highest BCUT2D eigenvalue weighted by molar-refractivity contribution is 5.58. The summed E-state index contributed by atoms with van der Waals surface area (Å²) in [5, 5.41) is 3.44. The van der Waals surface area contributed by atoms with Gasteiger partial charge in [0.1, 0.15) is 5.75 Å². The van der Waals surface area contributed by atoms with E-state index in [-0.39, 0.29) is 0 Å². The Hall–Kier alpha value is -1.22. The first-order chi connectivity index (χ1) is 8.45. The van der Waals surface area contributed by atoms with Gasteiger partial charge in [-0.15, -0.1) is 0 Å². The maximum atomic E-state index is 5.34. The normalized spacial score (nSPS) is 10.8. The minimum absolute atomic E-state index is 0.539. The van der Waals surface area contributed by atoms with Crippen molar-refractivity contribution in [2.24, 2.45) is 0 Å². The third kappa shape index (κ3) is 3.91. The Balaban J connectivity index is 2.73. The van der Waals surface area contributed by atoms with Crippen LogP contribution in [-0.2, 0) is 0 Å². The van der Waals surface area contributed by atoms with Gasteiger partial charge in [-0.1, -0.05) is 13.8 Å². The maximum absolute atomic E-state index is 5.34. The summed E-state index contributed by atoms with van der Waals surface area (Å²) < 4.78 is 5.34. The molecule has 0 fully saturated rings. The first-order valence-electron chi connectivity index (χ1n) is 6.55. The van der Waals surface area contributed by atoms with Crippen molar-refractivity contribution in [2.75, 3.05) is 32.1 Å². The number of likely N-dealkylation sites (N-methyl/N-ethyl adjacent to an activating group) is 1. The zero-order chi connectivity index (χ0) is 13.7. The number of aryl methyl sites for hydroxylation is 2. The molecule has 0 saturated heterocycles. The molecule has 0 spiro atoms. The van der Waals surface area contributed by atoms with Crippen LogP contribution < -0.4 is 15.0 Å². The van der Waals surface area contributed by atoms with E-state index in [1.165, 1.54) is 16.8 Å². The van der Waals surface area contributed by atoms with Crippen LogP contribution >= 0.6 is 0 Å². The molecule has 18 heavy (non-hydrogen) atoms. The molecule has 1 rings (SSSR count). The van der Waals surface area contributed by atoms with Crippen molar-refractivity contribution >= 4 is 5.69 Å². The van der Waals surface area contributed by atoms with E-state index in [1.54, 1.807) is 7.11 Å².